The van der Waals surface area contributed by atoms with E-state index in [1.165, 1.54) is 12.8 Å². The molecule has 3 atom stereocenters. The SMILES string of the molecule is CCOC1CC(NC2=NCC(C(CC)CC)S2)C1(C)C. The molecule has 0 aromatic heterocycles. The van der Waals surface area contributed by atoms with Gasteiger partial charge in [-0.05, 0) is 19.3 Å². The van der Waals surface area contributed by atoms with Gasteiger partial charge < -0.3 is 10.1 Å². The Bertz CT molecular complexity index is 352. The monoisotopic (exact) mass is 298 g/mol. The molecular weight excluding hydrogens is 268 g/mol. The van der Waals surface area contributed by atoms with Crippen LogP contribution in [0.4, 0.5) is 0 Å². The van der Waals surface area contributed by atoms with E-state index in [0.717, 1.165) is 30.7 Å². The van der Waals surface area contributed by atoms with Crippen molar-refractivity contribution in [2.45, 2.75) is 71.3 Å². The zero-order valence-corrected chi connectivity index (χ0v) is 14.4. The molecule has 1 N–H and O–H groups in total. The molecule has 0 radical (unpaired) electrons. The largest absolute Gasteiger partial charge is 0.378 e. The van der Waals surface area contributed by atoms with E-state index >= 15 is 0 Å². The van der Waals surface area contributed by atoms with Crippen molar-refractivity contribution < 1.29 is 4.74 Å². The van der Waals surface area contributed by atoms with Gasteiger partial charge in [-0.2, -0.15) is 0 Å². The highest BCUT2D eigenvalue weighted by Gasteiger charge is 2.49. The molecule has 1 heterocycles. The van der Waals surface area contributed by atoms with Crippen molar-refractivity contribution in [2.75, 3.05) is 13.2 Å². The van der Waals surface area contributed by atoms with Gasteiger partial charge in [0.2, 0.25) is 0 Å². The first-order valence-corrected chi connectivity index (χ1v) is 9.00. The summed E-state index contributed by atoms with van der Waals surface area (Å²) in [5.41, 5.74) is 0.214. The summed E-state index contributed by atoms with van der Waals surface area (Å²) in [7, 11) is 0. The lowest BCUT2D eigenvalue weighted by molar-refractivity contribution is -0.109. The summed E-state index contributed by atoms with van der Waals surface area (Å²) >= 11 is 1.96. The third kappa shape index (κ3) is 3.16. The molecule has 0 saturated heterocycles. The van der Waals surface area contributed by atoms with Gasteiger partial charge >= 0.3 is 0 Å². The summed E-state index contributed by atoms with van der Waals surface area (Å²) in [6, 6.07) is 0.505. The van der Waals surface area contributed by atoms with Gasteiger partial charge in [-0.3, -0.25) is 4.99 Å². The molecule has 0 spiro atoms. The molecule has 1 saturated carbocycles. The van der Waals surface area contributed by atoms with Crippen LogP contribution < -0.4 is 5.32 Å². The zero-order valence-electron chi connectivity index (χ0n) is 13.6. The van der Waals surface area contributed by atoms with Gasteiger partial charge in [-0.15, -0.1) is 0 Å². The van der Waals surface area contributed by atoms with Gasteiger partial charge in [-0.1, -0.05) is 52.3 Å². The molecule has 4 heteroatoms. The lowest BCUT2D eigenvalue weighted by Crippen LogP contribution is -2.61. The molecule has 1 aliphatic carbocycles. The highest BCUT2D eigenvalue weighted by molar-refractivity contribution is 8.14. The Morgan fingerprint density at radius 1 is 1.35 bits per heavy atom. The third-order valence-corrected chi connectivity index (χ3v) is 6.40. The van der Waals surface area contributed by atoms with E-state index in [4.69, 9.17) is 9.73 Å². The van der Waals surface area contributed by atoms with Gasteiger partial charge in [0.25, 0.3) is 0 Å². The molecular formula is C16H30N2OS. The summed E-state index contributed by atoms with van der Waals surface area (Å²) in [6.45, 7) is 13.1. The maximum absolute atomic E-state index is 5.80. The van der Waals surface area contributed by atoms with Gasteiger partial charge in [0.15, 0.2) is 5.17 Å². The van der Waals surface area contributed by atoms with Crippen LogP contribution >= 0.6 is 11.8 Å². The number of thioether (sulfide) groups is 1. The number of amidine groups is 1. The molecule has 20 heavy (non-hydrogen) atoms. The minimum absolute atomic E-state index is 0.214. The summed E-state index contributed by atoms with van der Waals surface area (Å²) in [6.07, 6.45) is 4.03. The first kappa shape index (κ1) is 16.2. The molecule has 0 bridgehead atoms. The second-order valence-electron chi connectivity index (χ2n) is 6.58. The Balaban J connectivity index is 1.82. The maximum Gasteiger partial charge on any atom is 0.157 e. The molecule has 1 fully saturated rings. The van der Waals surface area contributed by atoms with E-state index < -0.39 is 0 Å². The van der Waals surface area contributed by atoms with Crippen molar-refractivity contribution >= 4 is 16.9 Å². The fourth-order valence-electron chi connectivity index (χ4n) is 3.29. The maximum atomic E-state index is 5.80. The summed E-state index contributed by atoms with van der Waals surface area (Å²) in [5, 5.41) is 5.50. The van der Waals surface area contributed by atoms with E-state index in [2.05, 4.69) is 39.9 Å². The van der Waals surface area contributed by atoms with Crippen LogP contribution in [0, 0.1) is 11.3 Å². The molecule has 2 aliphatic rings. The van der Waals surface area contributed by atoms with Crippen LogP contribution in [0.3, 0.4) is 0 Å². The minimum Gasteiger partial charge on any atom is -0.378 e. The molecule has 1 aliphatic heterocycles. The topological polar surface area (TPSA) is 33.6 Å². The van der Waals surface area contributed by atoms with Crippen LogP contribution in [0.1, 0.15) is 53.9 Å². The van der Waals surface area contributed by atoms with E-state index in [1.807, 2.05) is 11.8 Å². The summed E-state index contributed by atoms with van der Waals surface area (Å²) in [5.74, 6) is 0.800. The lowest BCUT2D eigenvalue weighted by Gasteiger charge is -2.51. The molecule has 0 aromatic carbocycles. The van der Waals surface area contributed by atoms with Gasteiger partial charge in [0.05, 0.1) is 12.6 Å². The third-order valence-electron chi connectivity index (χ3n) is 5.10. The molecule has 0 aromatic rings. The average Bonchev–Trinajstić information content (AvgIpc) is 2.88. The zero-order chi connectivity index (χ0) is 14.8. The smallest absolute Gasteiger partial charge is 0.157 e. The number of nitrogens with zero attached hydrogens (tertiary/aromatic N) is 1. The number of ether oxygens (including phenoxy) is 1. The van der Waals surface area contributed by atoms with Crippen LogP contribution in [-0.4, -0.2) is 35.7 Å². The normalized spacial score (nSPS) is 32.1. The first-order chi connectivity index (χ1) is 9.52. The number of hydrogen-bond donors (Lipinski definition) is 1. The Kier molecular flexibility index (Phi) is 5.41. The highest BCUT2D eigenvalue weighted by Crippen LogP contribution is 2.43. The van der Waals surface area contributed by atoms with Crippen molar-refractivity contribution in [3.63, 3.8) is 0 Å². The number of aliphatic imine (C=N–C) groups is 1. The fraction of sp³-hybridized carbons (Fsp3) is 0.938. The van der Waals surface area contributed by atoms with Gasteiger partial charge in [-0.25, -0.2) is 0 Å². The number of nitrogens with one attached hydrogen (secondary N) is 1. The number of rotatable bonds is 6. The first-order valence-electron chi connectivity index (χ1n) is 8.12. The minimum atomic E-state index is 0.214. The van der Waals surface area contributed by atoms with Crippen LogP contribution in [0.2, 0.25) is 0 Å². The van der Waals surface area contributed by atoms with Crippen molar-refractivity contribution in [2.24, 2.45) is 16.3 Å². The Hall–Kier alpha value is -0.220. The Morgan fingerprint density at radius 3 is 2.60 bits per heavy atom. The van der Waals surface area contributed by atoms with Gasteiger partial charge in [0.1, 0.15) is 0 Å². The lowest BCUT2D eigenvalue weighted by atomic mass is 9.64. The molecule has 2 rings (SSSR count). The van der Waals surface area contributed by atoms with E-state index in [1.54, 1.807) is 0 Å². The summed E-state index contributed by atoms with van der Waals surface area (Å²) < 4.78 is 5.80. The van der Waals surface area contributed by atoms with Crippen LogP contribution in [0.25, 0.3) is 0 Å². The van der Waals surface area contributed by atoms with Crippen molar-refractivity contribution in [3.05, 3.63) is 0 Å². The Morgan fingerprint density at radius 2 is 2.05 bits per heavy atom. The van der Waals surface area contributed by atoms with E-state index in [9.17, 15) is 0 Å². The predicted molar refractivity (Wildman–Crippen MR) is 88.5 cm³/mol. The van der Waals surface area contributed by atoms with Gasteiger partial charge in [0, 0.05) is 23.3 Å². The highest BCUT2D eigenvalue weighted by atomic mass is 32.2. The van der Waals surface area contributed by atoms with Crippen LogP contribution in [-0.2, 0) is 4.74 Å². The van der Waals surface area contributed by atoms with Crippen LogP contribution in [0.15, 0.2) is 4.99 Å². The van der Waals surface area contributed by atoms with Crippen molar-refractivity contribution in [1.29, 1.82) is 0 Å². The number of hydrogen-bond acceptors (Lipinski definition) is 4. The van der Waals surface area contributed by atoms with E-state index in [-0.39, 0.29) is 5.41 Å². The molecule has 3 unspecified atom stereocenters. The molecule has 0 amide bonds. The summed E-state index contributed by atoms with van der Waals surface area (Å²) in [4.78, 5) is 4.72. The fourth-order valence-corrected chi connectivity index (χ4v) is 4.67. The van der Waals surface area contributed by atoms with Crippen molar-refractivity contribution in [3.8, 4) is 0 Å². The van der Waals surface area contributed by atoms with Crippen LogP contribution in [0.5, 0.6) is 0 Å². The second-order valence-corrected chi connectivity index (χ2v) is 7.80. The quantitative estimate of drug-likeness (QED) is 0.812. The average molecular weight is 298 g/mol. The standard InChI is InChI=1S/C16H30N2OS/c1-6-11(7-2)12-10-17-15(20-12)18-13-9-14(19-8-3)16(13,4)5/h11-14H,6-10H2,1-5H3,(H,17,18). The molecule has 3 nitrogen and oxygen atoms in total. The van der Waals surface area contributed by atoms with Crippen molar-refractivity contribution in [1.82, 2.24) is 5.32 Å². The van der Waals surface area contributed by atoms with E-state index in [0.29, 0.717) is 17.4 Å². The Labute approximate surface area is 128 Å². The molecule has 116 valence electrons. The second kappa shape index (κ2) is 6.69. The predicted octanol–water partition coefficient (Wildman–Crippen LogP) is 3.69.